The molecule has 0 aromatic carbocycles. The predicted octanol–water partition coefficient (Wildman–Crippen LogP) is 2.47. The zero-order valence-corrected chi connectivity index (χ0v) is 11.0. The van der Waals surface area contributed by atoms with Crippen LogP contribution in [0.2, 0.25) is 0 Å². The number of hydrazine groups is 1. The van der Waals surface area contributed by atoms with E-state index >= 15 is 0 Å². The van der Waals surface area contributed by atoms with E-state index in [1.54, 1.807) is 11.3 Å². The molecule has 0 amide bonds. The summed E-state index contributed by atoms with van der Waals surface area (Å²) in [6, 6.07) is 4.64. The Labute approximate surface area is 107 Å². The first-order chi connectivity index (χ1) is 8.38. The van der Waals surface area contributed by atoms with Crippen molar-refractivity contribution < 1.29 is 4.74 Å². The fourth-order valence-corrected chi connectivity index (χ4v) is 3.12. The van der Waals surface area contributed by atoms with Gasteiger partial charge in [-0.15, -0.1) is 11.3 Å². The largest absolute Gasteiger partial charge is 0.378 e. The van der Waals surface area contributed by atoms with Gasteiger partial charge in [-0.3, -0.25) is 11.3 Å². The minimum atomic E-state index is 0.374. The molecule has 0 radical (unpaired) electrons. The summed E-state index contributed by atoms with van der Waals surface area (Å²) < 4.78 is 5.74. The van der Waals surface area contributed by atoms with Gasteiger partial charge in [0.05, 0.1) is 6.10 Å². The second kappa shape index (κ2) is 7.11. The number of hydrogen-bond donors (Lipinski definition) is 2. The lowest BCUT2D eigenvalue weighted by molar-refractivity contribution is 0.00860. The van der Waals surface area contributed by atoms with Gasteiger partial charge in [-0.2, -0.15) is 0 Å². The maximum absolute atomic E-state index is 5.74. The lowest BCUT2D eigenvalue weighted by atomic mass is 10.00. The van der Waals surface area contributed by atoms with Crippen LogP contribution in [0.3, 0.4) is 0 Å². The van der Waals surface area contributed by atoms with Gasteiger partial charge in [-0.1, -0.05) is 6.07 Å². The van der Waals surface area contributed by atoms with Crippen molar-refractivity contribution in [1.29, 1.82) is 0 Å². The average molecular weight is 254 g/mol. The first-order valence-electron chi connectivity index (χ1n) is 6.48. The van der Waals surface area contributed by atoms with E-state index in [9.17, 15) is 0 Å². The van der Waals surface area contributed by atoms with Crippen LogP contribution in [0.1, 0.15) is 37.0 Å². The van der Waals surface area contributed by atoms with Crippen molar-refractivity contribution in [2.45, 2.75) is 50.7 Å². The van der Waals surface area contributed by atoms with E-state index in [-0.39, 0.29) is 0 Å². The lowest BCUT2D eigenvalue weighted by Gasteiger charge is -2.24. The lowest BCUT2D eigenvalue weighted by Crippen LogP contribution is -2.37. The van der Waals surface area contributed by atoms with E-state index in [1.807, 2.05) is 0 Å². The molecule has 96 valence electrons. The maximum atomic E-state index is 5.74. The Morgan fingerprint density at radius 2 is 2.47 bits per heavy atom. The Balaban J connectivity index is 1.71. The standard InChI is InChI=1S/C13H22N2OS/c14-15-11(10-13-5-3-9-17-13)6-7-12-4-1-2-8-16-12/h3,5,9,11-12,15H,1-2,4,6-8,10,14H2. The van der Waals surface area contributed by atoms with Gasteiger partial charge in [-0.05, 0) is 50.0 Å². The van der Waals surface area contributed by atoms with Crippen molar-refractivity contribution in [3.63, 3.8) is 0 Å². The van der Waals surface area contributed by atoms with Crippen LogP contribution in [0.4, 0.5) is 0 Å². The second-order valence-electron chi connectivity index (χ2n) is 4.71. The minimum Gasteiger partial charge on any atom is -0.378 e. The summed E-state index contributed by atoms with van der Waals surface area (Å²) in [7, 11) is 0. The first-order valence-corrected chi connectivity index (χ1v) is 7.36. The van der Waals surface area contributed by atoms with E-state index in [1.165, 1.54) is 24.1 Å². The van der Waals surface area contributed by atoms with Crippen LogP contribution in [0.15, 0.2) is 17.5 Å². The number of nitrogens with one attached hydrogen (secondary N) is 1. The van der Waals surface area contributed by atoms with Gasteiger partial charge in [0.25, 0.3) is 0 Å². The summed E-state index contributed by atoms with van der Waals surface area (Å²) >= 11 is 1.80. The molecule has 4 heteroatoms. The van der Waals surface area contributed by atoms with Gasteiger partial charge in [0.2, 0.25) is 0 Å². The zero-order valence-electron chi connectivity index (χ0n) is 10.2. The van der Waals surface area contributed by atoms with Crippen molar-refractivity contribution in [3.05, 3.63) is 22.4 Å². The van der Waals surface area contributed by atoms with Gasteiger partial charge < -0.3 is 4.74 Å². The third-order valence-electron chi connectivity index (χ3n) is 3.37. The second-order valence-corrected chi connectivity index (χ2v) is 5.75. The molecule has 0 saturated carbocycles. The summed E-state index contributed by atoms with van der Waals surface area (Å²) in [6.45, 7) is 0.941. The molecule has 0 spiro atoms. The summed E-state index contributed by atoms with van der Waals surface area (Å²) in [5.41, 5.74) is 2.93. The molecule has 3 nitrogen and oxygen atoms in total. The zero-order chi connectivity index (χ0) is 11.9. The van der Waals surface area contributed by atoms with Crippen molar-refractivity contribution in [1.82, 2.24) is 5.43 Å². The molecule has 2 atom stereocenters. The molecular formula is C13H22N2OS. The molecule has 1 aromatic rings. The molecule has 1 aliphatic heterocycles. The maximum Gasteiger partial charge on any atom is 0.0575 e. The van der Waals surface area contributed by atoms with Crippen LogP contribution < -0.4 is 11.3 Å². The van der Waals surface area contributed by atoms with Gasteiger partial charge >= 0.3 is 0 Å². The SMILES string of the molecule is NNC(CCC1CCCCO1)Cc1cccs1. The van der Waals surface area contributed by atoms with E-state index in [0.717, 1.165) is 25.9 Å². The van der Waals surface area contributed by atoms with E-state index in [0.29, 0.717) is 12.1 Å². The number of rotatable bonds is 6. The van der Waals surface area contributed by atoms with Crippen LogP contribution in [0, 0.1) is 0 Å². The van der Waals surface area contributed by atoms with Crippen molar-refractivity contribution >= 4 is 11.3 Å². The Morgan fingerprint density at radius 3 is 3.12 bits per heavy atom. The fraction of sp³-hybridized carbons (Fsp3) is 0.692. The Morgan fingerprint density at radius 1 is 1.53 bits per heavy atom. The number of hydrogen-bond acceptors (Lipinski definition) is 4. The molecular weight excluding hydrogens is 232 g/mol. The van der Waals surface area contributed by atoms with E-state index in [2.05, 4.69) is 22.9 Å². The number of nitrogens with two attached hydrogens (primary N) is 1. The van der Waals surface area contributed by atoms with Crippen LogP contribution in [0.5, 0.6) is 0 Å². The third-order valence-corrected chi connectivity index (χ3v) is 4.27. The summed E-state index contributed by atoms with van der Waals surface area (Å²) in [5.74, 6) is 5.62. The van der Waals surface area contributed by atoms with Gasteiger partial charge in [0.15, 0.2) is 0 Å². The molecule has 17 heavy (non-hydrogen) atoms. The number of thiophene rings is 1. The Kier molecular flexibility index (Phi) is 5.45. The van der Waals surface area contributed by atoms with E-state index in [4.69, 9.17) is 10.6 Å². The molecule has 1 saturated heterocycles. The fourth-order valence-electron chi connectivity index (χ4n) is 2.34. The molecule has 2 heterocycles. The minimum absolute atomic E-state index is 0.374. The summed E-state index contributed by atoms with van der Waals surface area (Å²) in [6.07, 6.45) is 7.47. The van der Waals surface area contributed by atoms with Crippen LogP contribution in [-0.4, -0.2) is 18.8 Å². The highest BCUT2D eigenvalue weighted by Crippen LogP contribution is 2.19. The topological polar surface area (TPSA) is 47.3 Å². The van der Waals surface area contributed by atoms with Crippen LogP contribution >= 0.6 is 11.3 Å². The molecule has 2 rings (SSSR count). The highest BCUT2D eigenvalue weighted by Gasteiger charge is 2.16. The normalized spacial score (nSPS) is 22.5. The predicted molar refractivity (Wildman–Crippen MR) is 72.0 cm³/mol. The molecule has 1 aromatic heterocycles. The molecule has 0 bridgehead atoms. The summed E-state index contributed by atoms with van der Waals surface area (Å²) in [4.78, 5) is 1.40. The smallest absolute Gasteiger partial charge is 0.0575 e. The molecule has 1 aliphatic rings. The Bertz CT molecular complexity index is 296. The Hall–Kier alpha value is -0.420. The monoisotopic (exact) mass is 254 g/mol. The molecule has 3 N–H and O–H groups in total. The van der Waals surface area contributed by atoms with Crippen molar-refractivity contribution in [2.24, 2.45) is 5.84 Å². The first kappa shape index (κ1) is 13.0. The van der Waals surface area contributed by atoms with Gasteiger partial charge in [0.1, 0.15) is 0 Å². The molecule has 2 unspecified atom stereocenters. The third kappa shape index (κ3) is 4.39. The molecule has 1 fully saturated rings. The van der Waals surface area contributed by atoms with Gasteiger partial charge in [-0.25, -0.2) is 0 Å². The van der Waals surface area contributed by atoms with Crippen molar-refractivity contribution in [2.75, 3.05) is 6.61 Å². The summed E-state index contributed by atoms with van der Waals surface area (Å²) in [5, 5.41) is 2.12. The number of ether oxygens (including phenoxy) is 1. The average Bonchev–Trinajstić information content (AvgIpc) is 2.88. The quantitative estimate of drug-likeness (QED) is 0.605. The van der Waals surface area contributed by atoms with Crippen molar-refractivity contribution in [3.8, 4) is 0 Å². The van der Waals surface area contributed by atoms with Crippen LogP contribution in [-0.2, 0) is 11.2 Å². The molecule has 0 aliphatic carbocycles. The highest BCUT2D eigenvalue weighted by atomic mass is 32.1. The van der Waals surface area contributed by atoms with E-state index < -0.39 is 0 Å². The van der Waals surface area contributed by atoms with Crippen LogP contribution in [0.25, 0.3) is 0 Å². The highest BCUT2D eigenvalue weighted by molar-refractivity contribution is 7.09. The van der Waals surface area contributed by atoms with Gasteiger partial charge in [0, 0.05) is 17.5 Å².